The van der Waals surface area contributed by atoms with Gasteiger partial charge in [0.05, 0.1) is 0 Å². The summed E-state index contributed by atoms with van der Waals surface area (Å²) in [5.41, 5.74) is 2.30. The Bertz CT molecular complexity index is 534. The number of nitrogens with zero attached hydrogens (tertiary/aromatic N) is 1. The zero-order chi connectivity index (χ0) is 16.3. The van der Waals surface area contributed by atoms with E-state index in [-0.39, 0.29) is 24.4 Å². The first-order valence-electron chi connectivity index (χ1n) is 8.18. The molecule has 2 rings (SSSR count). The molecule has 0 aromatic heterocycles. The van der Waals surface area contributed by atoms with Crippen molar-refractivity contribution in [2.45, 2.75) is 52.7 Å². The third-order valence-corrected chi connectivity index (χ3v) is 4.23. The SMILES string of the molecule is Cc1ccc(C(C)C)c(OC(C)C(=O)N2CCNC[C@@H]2C)c1.Cl. The van der Waals surface area contributed by atoms with E-state index in [0.29, 0.717) is 5.92 Å². The minimum absolute atomic E-state index is 0. The van der Waals surface area contributed by atoms with Crippen LogP contribution >= 0.6 is 12.4 Å². The fourth-order valence-electron chi connectivity index (χ4n) is 2.86. The van der Waals surface area contributed by atoms with Gasteiger partial charge in [-0.3, -0.25) is 4.79 Å². The van der Waals surface area contributed by atoms with Crippen LogP contribution < -0.4 is 10.1 Å². The molecule has 4 nitrogen and oxygen atoms in total. The van der Waals surface area contributed by atoms with E-state index in [2.05, 4.69) is 38.2 Å². The topological polar surface area (TPSA) is 41.6 Å². The third-order valence-electron chi connectivity index (χ3n) is 4.23. The minimum Gasteiger partial charge on any atom is -0.481 e. The number of nitrogens with one attached hydrogen (secondary N) is 1. The van der Waals surface area contributed by atoms with Crippen molar-refractivity contribution in [3.63, 3.8) is 0 Å². The zero-order valence-corrected chi connectivity index (χ0v) is 15.6. The van der Waals surface area contributed by atoms with Crippen LogP contribution in [0.1, 0.15) is 44.7 Å². The van der Waals surface area contributed by atoms with Gasteiger partial charge in [0.15, 0.2) is 6.10 Å². The van der Waals surface area contributed by atoms with Crippen LogP contribution in [0.15, 0.2) is 18.2 Å². The maximum Gasteiger partial charge on any atom is 0.263 e. The van der Waals surface area contributed by atoms with Gasteiger partial charge >= 0.3 is 0 Å². The molecule has 5 heteroatoms. The highest BCUT2D eigenvalue weighted by Crippen LogP contribution is 2.28. The average Bonchev–Trinajstić information content (AvgIpc) is 2.46. The van der Waals surface area contributed by atoms with Gasteiger partial charge in [-0.2, -0.15) is 0 Å². The van der Waals surface area contributed by atoms with Crippen molar-refractivity contribution in [2.75, 3.05) is 19.6 Å². The molecule has 23 heavy (non-hydrogen) atoms. The Morgan fingerprint density at radius 3 is 2.65 bits per heavy atom. The lowest BCUT2D eigenvalue weighted by molar-refractivity contribution is -0.140. The Hall–Kier alpha value is -1.26. The number of hydrogen-bond acceptors (Lipinski definition) is 3. The molecule has 1 aromatic rings. The molecule has 1 N–H and O–H groups in total. The van der Waals surface area contributed by atoms with Crippen LogP contribution in [0.5, 0.6) is 5.75 Å². The van der Waals surface area contributed by atoms with Crippen molar-refractivity contribution in [2.24, 2.45) is 0 Å². The Labute approximate surface area is 146 Å². The standard InChI is InChI=1S/C18H28N2O2.ClH/c1-12(2)16-7-6-13(3)10-17(16)22-15(5)18(21)20-9-8-19-11-14(20)4;/h6-7,10,12,14-15,19H,8-9,11H2,1-5H3;1H/t14-,15?;/m0./s1. The number of ether oxygens (including phenoxy) is 1. The molecule has 2 atom stereocenters. The maximum atomic E-state index is 12.7. The molecule has 1 unspecified atom stereocenters. The minimum atomic E-state index is -0.458. The maximum absolute atomic E-state index is 12.7. The molecule has 0 bridgehead atoms. The van der Waals surface area contributed by atoms with Crippen LogP contribution in [0, 0.1) is 6.92 Å². The Balaban J connectivity index is 0.00000264. The van der Waals surface area contributed by atoms with Crippen LogP contribution in [0.25, 0.3) is 0 Å². The van der Waals surface area contributed by atoms with Gasteiger partial charge in [0.1, 0.15) is 5.75 Å². The molecular weight excluding hydrogens is 312 g/mol. The van der Waals surface area contributed by atoms with E-state index >= 15 is 0 Å². The Morgan fingerprint density at radius 1 is 1.35 bits per heavy atom. The van der Waals surface area contributed by atoms with Crippen molar-refractivity contribution >= 4 is 18.3 Å². The van der Waals surface area contributed by atoms with Crippen LogP contribution in [-0.2, 0) is 4.79 Å². The van der Waals surface area contributed by atoms with Gasteiger partial charge < -0.3 is 15.0 Å². The predicted octanol–water partition coefficient (Wildman–Crippen LogP) is 3.13. The highest BCUT2D eigenvalue weighted by molar-refractivity contribution is 5.85. The lowest BCUT2D eigenvalue weighted by Crippen LogP contribution is -2.55. The zero-order valence-electron chi connectivity index (χ0n) is 14.8. The largest absolute Gasteiger partial charge is 0.481 e. The van der Waals surface area contributed by atoms with Crippen molar-refractivity contribution in [1.29, 1.82) is 0 Å². The number of halogens is 1. The van der Waals surface area contributed by atoms with Gasteiger partial charge in [0.25, 0.3) is 5.91 Å². The number of aryl methyl sites for hydroxylation is 1. The molecule has 130 valence electrons. The van der Waals surface area contributed by atoms with Crippen molar-refractivity contribution in [1.82, 2.24) is 10.2 Å². The summed E-state index contributed by atoms with van der Waals surface area (Å²) in [5, 5.41) is 3.30. The van der Waals surface area contributed by atoms with Crippen molar-refractivity contribution in [3.05, 3.63) is 29.3 Å². The number of piperazine rings is 1. The van der Waals surface area contributed by atoms with E-state index in [1.54, 1.807) is 0 Å². The third kappa shape index (κ3) is 4.85. The first-order valence-corrected chi connectivity index (χ1v) is 8.18. The van der Waals surface area contributed by atoms with E-state index in [9.17, 15) is 4.79 Å². The summed E-state index contributed by atoms with van der Waals surface area (Å²) in [6, 6.07) is 6.43. The summed E-state index contributed by atoms with van der Waals surface area (Å²) >= 11 is 0. The molecule has 1 aromatic carbocycles. The number of carbonyl (C=O) groups excluding carboxylic acids is 1. The summed E-state index contributed by atoms with van der Waals surface area (Å²) < 4.78 is 6.04. The molecule has 0 saturated carbocycles. The van der Waals surface area contributed by atoms with E-state index in [1.165, 1.54) is 0 Å². The van der Waals surface area contributed by atoms with Gasteiger partial charge in [-0.05, 0) is 43.9 Å². The molecule has 1 fully saturated rings. The number of hydrogen-bond donors (Lipinski definition) is 1. The van der Waals surface area contributed by atoms with Gasteiger partial charge in [0.2, 0.25) is 0 Å². The Kier molecular flexibility index (Phi) is 7.36. The molecule has 1 amide bonds. The smallest absolute Gasteiger partial charge is 0.263 e. The summed E-state index contributed by atoms with van der Waals surface area (Å²) in [5.74, 6) is 1.28. The van der Waals surface area contributed by atoms with E-state index < -0.39 is 6.10 Å². The average molecular weight is 341 g/mol. The predicted molar refractivity (Wildman–Crippen MR) is 96.7 cm³/mol. The molecule has 1 aliphatic heterocycles. The summed E-state index contributed by atoms with van der Waals surface area (Å²) in [7, 11) is 0. The van der Waals surface area contributed by atoms with Gasteiger partial charge in [-0.25, -0.2) is 0 Å². The summed E-state index contributed by atoms with van der Waals surface area (Å²) in [4.78, 5) is 14.6. The molecule has 1 heterocycles. The monoisotopic (exact) mass is 340 g/mol. The fraction of sp³-hybridized carbons (Fsp3) is 0.611. The Morgan fingerprint density at radius 2 is 2.04 bits per heavy atom. The highest BCUT2D eigenvalue weighted by atomic mass is 35.5. The number of rotatable bonds is 4. The van der Waals surface area contributed by atoms with Crippen LogP contribution in [0.2, 0.25) is 0 Å². The normalized spacial score (nSPS) is 19.2. The molecular formula is C18H29ClN2O2. The molecule has 1 saturated heterocycles. The van der Waals surface area contributed by atoms with Crippen LogP contribution in [0.3, 0.4) is 0 Å². The fourth-order valence-corrected chi connectivity index (χ4v) is 2.86. The molecule has 0 radical (unpaired) electrons. The van der Waals surface area contributed by atoms with E-state index in [0.717, 1.165) is 36.5 Å². The summed E-state index contributed by atoms with van der Waals surface area (Å²) in [6.07, 6.45) is -0.458. The second kappa shape index (κ2) is 8.55. The van der Waals surface area contributed by atoms with E-state index in [4.69, 9.17) is 4.74 Å². The summed E-state index contributed by atoms with van der Waals surface area (Å²) in [6.45, 7) is 12.7. The quantitative estimate of drug-likeness (QED) is 0.915. The number of carbonyl (C=O) groups is 1. The molecule has 1 aliphatic rings. The second-order valence-electron chi connectivity index (χ2n) is 6.54. The number of amides is 1. The lowest BCUT2D eigenvalue weighted by Gasteiger charge is -2.35. The van der Waals surface area contributed by atoms with Gasteiger partial charge in [-0.15, -0.1) is 12.4 Å². The van der Waals surface area contributed by atoms with Crippen LogP contribution in [0.4, 0.5) is 0 Å². The van der Waals surface area contributed by atoms with Crippen molar-refractivity contribution in [3.8, 4) is 5.75 Å². The van der Waals surface area contributed by atoms with Crippen LogP contribution in [-0.4, -0.2) is 42.6 Å². The van der Waals surface area contributed by atoms with E-state index in [1.807, 2.05) is 24.8 Å². The molecule has 0 aliphatic carbocycles. The second-order valence-corrected chi connectivity index (χ2v) is 6.54. The van der Waals surface area contributed by atoms with Gasteiger partial charge in [0, 0.05) is 25.7 Å². The van der Waals surface area contributed by atoms with Crippen molar-refractivity contribution < 1.29 is 9.53 Å². The molecule has 0 spiro atoms. The van der Waals surface area contributed by atoms with Gasteiger partial charge in [-0.1, -0.05) is 26.0 Å². The first kappa shape index (κ1) is 19.8. The lowest BCUT2D eigenvalue weighted by atomic mass is 10.0. The highest BCUT2D eigenvalue weighted by Gasteiger charge is 2.28. The first-order chi connectivity index (χ1) is 10.4. The number of benzene rings is 1.